The first-order valence-electron chi connectivity index (χ1n) is 10.5. The maximum atomic E-state index is 12.3. The van der Waals surface area contributed by atoms with Crippen molar-refractivity contribution < 1.29 is 14.3 Å². The number of aromatic nitrogens is 2. The average molecular weight is 428 g/mol. The maximum absolute atomic E-state index is 12.3. The van der Waals surface area contributed by atoms with Crippen molar-refractivity contribution >= 4 is 28.7 Å². The summed E-state index contributed by atoms with van der Waals surface area (Å²) in [7, 11) is 0. The molecule has 32 heavy (non-hydrogen) atoms. The van der Waals surface area contributed by atoms with Crippen molar-refractivity contribution in [1.29, 1.82) is 0 Å². The standard InChI is InChI=1S/C25H24N4O3/c1-2-32-24(30)19-12-14-20(15-13-19)27-25(31)26-16-17-29-22-11-7-6-10-21(22)28-23(29)18-8-4-3-5-9-18/h3-15H,2,16-17H2,1H3,(H2,26,27,31). The van der Waals surface area contributed by atoms with Crippen molar-refractivity contribution in [2.45, 2.75) is 13.5 Å². The van der Waals surface area contributed by atoms with Crippen LogP contribution in [0.4, 0.5) is 10.5 Å². The lowest BCUT2D eigenvalue weighted by Crippen LogP contribution is -2.31. The van der Waals surface area contributed by atoms with E-state index in [1.165, 1.54) is 0 Å². The predicted molar refractivity (Wildman–Crippen MR) is 125 cm³/mol. The van der Waals surface area contributed by atoms with Gasteiger partial charge in [0.25, 0.3) is 0 Å². The first-order valence-corrected chi connectivity index (χ1v) is 10.5. The van der Waals surface area contributed by atoms with Gasteiger partial charge in [0.2, 0.25) is 0 Å². The molecule has 0 spiro atoms. The number of nitrogens with zero attached hydrogens (tertiary/aromatic N) is 2. The molecule has 0 radical (unpaired) electrons. The molecule has 162 valence electrons. The Hall–Kier alpha value is -4.13. The number of urea groups is 1. The highest BCUT2D eigenvalue weighted by Gasteiger charge is 2.12. The van der Waals surface area contributed by atoms with E-state index in [2.05, 4.69) is 15.2 Å². The van der Waals surface area contributed by atoms with E-state index in [0.29, 0.717) is 30.9 Å². The van der Waals surface area contributed by atoms with Gasteiger partial charge < -0.3 is 19.9 Å². The number of amides is 2. The third kappa shape index (κ3) is 4.78. The van der Waals surface area contributed by atoms with Crippen molar-refractivity contribution in [2.75, 3.05) is 18.5 Å². The van der Waals surface area contributed by atoms with Crippen LogP contribution in [-0.4, -0.2) is 34.7 Å². The van der Waals surface area contributed by atoms with Crippen LogP contribution >= 0.6 is 0 Å². The molecule has 7 heteroatoms. The highest BCUT2D eigenvalue weighted by Crippen LogP contribution is 2.24. The number of imidazole rings is 1. The van der Waals surface area contributed by atoms with Crippen LogP contribution in [0, 0.1) is 0 Å². The molecule has 0 saturated heterocycles. The fraction of sp³-hybridized carbons (Fsp3) is 0.160. The molecule has 2 N–H and O–H groups in total. The van der Waals surface area contributed by atoms with Crippen LogP contribution in [0.1, 0.15) is 17.3 Å². The van der Waals surface area contributed by atoms with Gasteiger partial charge in [-0.2, -0.15) is 0 Å². The van der Waals surface area contributed by atoms with E-state index in [1.807, 2.05) is 54.6 Å². The van der Waals surface area contributed by atoms with Gasteiger partial charge >= 0.3 is 12.0 Å². The Labute approximate surface area is 186 Å². The smallest absolute Gasteiger partial charge is 0.338 e. The molecule has 0 aliphatic heterocycles. The molecule has 0 unspecified atom stereocenters. The zero-order chi connectivity index (χ0) is 22.3. The van der Waals surface area contributed by atoms with Crippen LogP contribution in [0.5, 0.6) is 0 Å². The summed E-state index contributed by atoms with van der Waals surface area (Å²) in [5.41, 5.74) is 3.99. The molecule has 0 aliphatic carbocycles. The Morgan fingerprint density at radius 3 is 2.41 bits per heavy atom. The summed E-state index contributed by atoms with van der Waals surface area (Å²) in [5.74, 6) is 0.480. The van der Waals surface area contributed by atoms with Gasteiger partial charge in [-0.15, -0.1) is 0 Å². The molecule has 0 fully saturated rings. The summed E-state index contributed by atoms with van der Waals surface area (Å²) in [5, 5.41) is 5.66. The second-order valence-electron chi connectivity index (χ2n) is 7.12. The molecule has 1 heterocycles. The molecule has 7 nitrogen and oxygen atoms in total. The summed E-state index contributed by atoms with van der Waals surface area (Å²) < 4.78 is 7.07. The number of carbonyl (C=O) groups is 2. The third-order valence-electron chi connectivity index (χ3n) is 4.96. The summed E-state index contributed by atoms with van der Waals surface area (Å²) in [6, 6.07) is 24.2. The van der Waals surface area contributed by atoms with Crippen molar-refractivity contribution in [2.24, 2.45) is 0 Å². The van der Waals surface area contributed by atoms with E-state index < -0.39 is 0 Å². The molecule has 4 aromatic rings. The Morgan fingerprint density at radius 2 is 1.66 bits per heavy atom. The lowest BCUT2D eigenvalue weighted by atomic mass is 10.2. The monoisotopic (exact) mass is 428 g/mol. The molecule has 4 rings (SSSR count). The Kier molecular flexibility index (Phi) is 6.46. The average Bonchev–Trinajstić information content (AvgIpc) is 3.19. The third-order valence-corrected chi connectivity index (χ3v) is 4.96. The van der Waals surface area contributed by atoms with Gasteiger partial charge in [0, 0.05) is 24.3 Å². The highest BCUT2D eigenvalue weighted by atomic mass is 16.5. The first-order chi connectivity index (χ1) is 15.7. The van der Waals surface area contributed by atoms with Crippen LogP contribution in [0.2, 0.25) is 0 Å². The number of hydrogen-bond donors (Lipinski definition) is 2. The molecule has 0 bridgehead atoms. The van der Waals surface area contributed by atoms with E-state index in [1.54, 1.807) is 31.2 Å². The highest BCUT2D eigenvalue weighted by molar-refractivity contribution is 5.92. The second kappa shape index (κ2) is 9.78. The van der Waals surface area contributed by atoms with Crippen LogP contribution in [-0.2, 0) is 11.3 Å². The van der Waals surface area contributed by atoms with Gasteiger partial charge in [0.15, 0.2) is 0 Å². The molecule has 3 aromatic carbocycles. The van der Waals surface area contributed by atoms with Crippen molar-refractivity contribution in [3.05, 3.63) is 84.4 Å². The number of anilines is 1. The Balaban J connectivity index is 1.40. The van der Waals surface area contributed by atoms with E-state index >= 15 is 0 Å². The zero-order valence-electron chi connectivity index (χ0n) is 17.7. The largest absolute Gasteiger partial charge is 0.462 e. The number of rotatable bonds is 7. The number of nitrogens with one attached hydrogen (secondary N) is 2. The SMILES string of the molecule is CCOC(=O)c1ccc(NC(=O)NCCn2c(-c3ccccc3)nc3ccccc32)cc1. The number of ether oxygens (including phenoxy) is 1. The van der Waals surface area contributed by atoms with E-state index in [9.17, 15) is 9.59 Å². The van der Waals surface area contributed by atoms with Gasteiger partial charge in [-0.1, -0.05) is 42.5 Å². The van der Waals surface area contributed by atoms with Crippen LogP contribution in [0.3, 0.4) is 0 Å². The lowest BCUT2D eigenvalue weighted by Gasteiger charge is -2.11. The van der Waals surface area contributed by atoms with Crippen molar-refractivity contribution in [3.63, 3.8) is 0 Å². The zero-order valence-corrected chi connectivity index (χ0v) is 17.7. The molecular formula is C25H24N4O3. The number of benzene rings is 3. The van der Waals surface area contributed by atoms with Gasteiger partial charge in [-0.25, -0.2) is 14.6 Å². The molecule has 0 saturated carbocycles. The normalized spacial score (nSPS) is 10.7. The van der Waals surface area contributed by atoms with Gasteiger partial charge in [0.05, 0.1) is 23.2 Å². The summed E-state index contributed by atoms with van der Waals surface area (Å²) in [4.78, 5) is 28.8. The predicted octanol–water partition coefficient (Wildman–Crippen LogP) is 4.70. The first kappa shape index (κ1) is 21.1. The summed E-state index contributed by atoms with van der Waals surface area (Å²) in [6.45, 7) is 3.07. The van der Waals surface area contributed by atoms with Crippen molar-refractivity contribution in [3.8, 4) is 11.4 Å². The van der Waals surface area contributed by atoms with Crippen LogP contribution < -0.4 is 10.6 Å². The van der Waals surface area contributed by atoms with Crippen LogP contribution in [0.15, 0.2) is 78.9 Å². The van der Waals surface area contributed by atoms with Gasteiger partial charge in [0.1, 0.15) is 5.82 Å². The topological polar surface area (TPSA) is 85.2 Å². The molecule has 2 amide bonds. The number of hydrogen-bond acceptors (Lipinski definition) is 4. The summed E-state index contributed by atoms with van der Waals surface area (Å²) in [6.07, 6.45) is 0. The van der Waals surface area contributed by atoms with Gasteiger partial charge in [-0.05, 0) is 43.3 Å². The number of carbonyl (C=O) groups excluding carboxylic acids is 2. The molecule has 0 aliphatic rings. The minimum atomic E-state index is -0.384. The molecular weight excluding hydrogens is 404 g/mol. The quantitative estimate of drug-likeness (QED) is 0.418. The minimum Gasteiger partial charge on any atom is -0.462 e. The van der Waals surface area contributed by atoms with Gasteiger partial charge in [-0.3, -0.25) is 0 Å². The molecule has 0 atom stereocenters. The fourth-order valence-electron chi connectivity index (χ4n) is 3.47. The molecule has 1 aromatic heterocycles. The number of fused-ring (bicyclic) bond motifs is 1. The summed E-state index contributed by atoms with van der Waals surface area (Å²) >= 11 is 0. The maximum Gasteiger partial charge on any atom is 0.338 e. The Bertz CT molecular complexity index is 1220. The minimum absolute atomic E-state index is 0.319. The van der Waals surface area contributed by atoms with E-state index in [0.717, 1.165) is 22.4 Å². The number of para-hydroxylation sites is 2. The second-order valence-corrected chi connectivity index (χ2v) is 7.12. The lowest BCUT2D eigenvalue weighted by molar-refractivity contribution is 0.0526. The fourth-order valence-corrected chi connectivity index (χ4v) is 3.47. The number of esters is 1. The van der Waals surface area contributed by atoms with Crippen molar-refractivity contribution in [1.82, 2.24) is 14.9 Å². The van der Waals surface area contributed by atoms with E-state index in [4.69, 9.17) is 9.72 Å². The Morgan fingerprint density at radius 1 is 0.938 bits per heavy atom. The van der Waals surface area contributed by atoms with Crippen LogP contribution in [0.25, 0.3) is 22.4 Å². The van der Waals surface area contributed by atoms with E-state index in [-0.39, 0.29) is 12.0 Å².